The highest BCUT2D eigenvalue weighted by molar-refractivity contribution is 5.39. The van der Waals surface area contributed by atoms with Gasteiger partial charge in [-0.3, -0.25) is 0 Å². The van der Waals surface area contributed by atoms with Gasteiger partial charge in [0.15, 0.2) is 0 Å². The predicted molar refractivity (Wildman–Crippen MR) is 88.9 cm³/mol. The topological polar surface area (TPSA) is 21.3 Å². The van der Waals surface area contributed by atoms with Crippen molar-refractivity contribution in [2.45, 2.75) is 40.3 Å². The summed E-state index contributed by atoms with van der Waals surface area (Å²) < 4.78 is 5.48. The van der Waals surface area contributed by atoms with E-state index < -0.39 is 0 Å². The fraction of sp³-hybridized carbons (Fsp3) is 0.368. The molecule has 1 N–H and O–H groups in total. The molecule has 2 heteroatoms. The number of aryl methyl sites for hydroxylation is 3. The van der Waals surface area contributed by atoms with Crippen molar-refractivity contribution in [2.24, 2.45) is 0 Å². The molecule has 1 atom stereocenters. The third-order valence-electron chi connectivity index (χ3n) is 4.08. The highest BCUT2D eigenvalue weighted by Crippen LogP contribution is 2.26. The van der Waals surface area contributed by atoms with Crippen molar-refractivity contribution in [2.75, 3.05) is 7.11 Å². The number of hydrogen-bond acceptors (Lipinski definition) is 2. The Balaban J connectivity index is 2.15. The van der Waals surface area contributed by atoms with Crippen LogP contribution in [0.15, 0.2) is 36.4 Å². The molecule has 0 aliphatic rings. The van der Waals surface area contributed by atoms with E-state index in [2.05, 4.69) is 63.3 Å². The van der Waals surface area contributed by atoms with Crippen LogP contribution in [0.4, 0.5) is 0 Å². The molecule has 21 heavy (non-hydrogen) atoms. The Hall–Kier alpha value is -1.80. The quantitative estimate of drug-likeness (QED) is 0.874. The van der Waals surface area contributed by atoms with E-state index in [0.29, 0.717) is 0 Å². The molecule has 0 heterocycles. The minimum Gasteiger partial charge on any atom is -0.496 e. The normalized spacial score (nSPS) is 12.2. The maximum atomic E-state index is 5.48. The Morgan fingerprint density at radius 3 is 2.33 bits per heavy atom. The van der Waals surface area contributed by atoms with Gasteiger partial charge in [0, 0.05) is 18.2 Å². The Labute approximate surface area is 128 Å². The van der Waals surface area contributed by atoms with Crippen molar-refractivity contribution in [3.8, 4) is 5.75 Å². The maximum absolute atomic E-state index is 5.48. The third kappa shape index (κ3) is 3.64. The van der Waals surface area contributed by atoms with E-state index in [1.807, 2.05) is 6.07 Å². The van der Waals surface area contributed by atoms with E-state index >= 15 is 0 Å². The number of hydrogen-bond donors (Lipinski definition) is 1. The maximum Gasteiger partial charge on any atom is 0.123 e. The Morgan fingerprint density at radius 1 is 1.05 bits per heavy atom. The summed E-state index contributed by atoms with van der Waals surface area (Å²) in [6, 6.07) is 13.0. The molecule has 2 aromatic carbocycles. The second-order valence-electron chi connectivity index (χ2n) is 5.72. The molecule has 0 spiro atoms. The smallest absolute Gasteiger partial charge is 0.123 e. The van der Waals surface area contributed by atoms with Crippen LogP contribution in [0.5, 0.6) is 5.75 Å². The van der Waals surface area contributed by atoms with Gasteiger partial charge in [-0.1, -0.05) is 35.9 Å². The standard InChI is InChI=1S/C19H25NO/c1-13-9-10-19(21-5)17(11-13)16(4)20-12-18-14(2)7-6-8-15(18)3/h6-11,16,20H,12H2,1-5H3. The fourth-order valence-corrected chi connectivity index (χ4v) is 2.69. The molecule has 2 rings (SSSR count). The second-order valence-corrected chi connectivity index (χ2v) is 5.72. The van der Waals surface area contributed by atoms with Gasteiger partial charge in [0.05, 0.1) is 7.11 Å². The van der Waals surface area contributed by atoms with Crippen molar-refractivity contribution >= 4 is 0 Å². The summed E-state index contributed by atoms with van der Waals surface area (Å²) in [5.41, 5.74) is 6.53. The Morgan fingerprint density at radius 2 is 1.71 bits per heavy atom. The summed E-state index contributed by atoms with van der Waals surface area (Å²) >= 11 is 0. The lowest BCUT2D eigenvalue weighted by Crippen LogP contribution is -2.20. The van der Waals surface area contributed by atoms with Crippen molar-refractivity contribution in [3.63, 3.8) is 0 Å². The highest BCUT2D eigenvalue weighted by Gasteiger charge is 2.12. The van der Waals surface area contributed by atoms with E-state index in [1.54, 1.807) is 7.11 Å². The van der Waals surface area contributed by atoms with E-state index in [0.717, 1.165) is 12.3 Å². The van der Waals surface area contributed by atoms with Gasteiger partial charge >= 0.3 is 0 Å². The number of benzene rings is 2. The molecule has 1 unspecified atom stereocenters. The third-order valence-corrected chi connectivity index (χ3v) is 4.08. The van der Waals surface area contributed by atoms with Crippen LogP contribution in [0, 0.1) is 20.8 Å². The zero-order chi connectivity index (χ0) is 15.4. The first-order valence-electron chi connectivity index (χ1n) is 7.46. The summed E-state index contributed by atoms with van der Waals surface area (Å²) in [4.78, 5) is 0. The van der Waals surface area contributed by atoms with Gasteiger partial charge in [0.1, 0.15) is 5.75 Å². The molecular formula is C19H25NO. The molecule has 0 saturated heterocycles. The lowest BCUT2D eigenvalue weighted by atomic mass is 10.0. The minimum absolute atomic E-state index is 0.249. The van der Waals surface area contributed by atoms with Crippen molar-refractivity contribution in [1.82, 2.24) is 5.32 Å². The first-order valence-corrected chi connectivity index (χ1v) is 7.46. The van der Waals surface area contributed by atoms with Crippen LogP contribution in [0.1, 0.15) is 40.8 Å². The zero-order valence-corrected chi connectivity index (χ0v) is 13.7. The molecule has 2 aromatic rings. The van der Waals surface area contributed by atoms with Crippen molar-refractivity contribution < 1.29 is 4.74 Å². The monoisotopic (exact) mass is 283 g/mol. The molecule has 0 aromatic heterocycles. The van der Waals surface area contributed by atoms with Gasteiger partial charge < -0.3 is 10.1 Å². The molecule has 0 fully saturated rings. The molecule has 0 saturated carbocycles. The molecular weight excluding hydrogens is 258 g/mol. The van der Waals surface area contributed by atoms with Crippen LogP contribution in [0.25, 0.3) is 0 Å². The van der Waals surface area contributed by atoms with Gasteiger partial charge in [0.2, 0.25) is 0 Å². The van der Waals surface area contributed by atoms with Crippen molar-refractivity contribution in [3.05, 3.63) is 64.2 Å². The summed E-state index contributed by atoms with van der Waals surface area (Å²) in [7, 11) is 1.73. The van der Waals surface area contributed by atoms with Crippen LogP contribution in [0.2, 0.25) is 0 Å². The molecule has 0 bridgehead atoms. The van der Waals surface area contributed by atoms with Crippen LogP contribution >= 0.6 is 0 Å². The molecule has 0 amide bonds. The molecule has 0 aliphatic carbocycles. The SMILES string of the molecule is COc1ccc(C)cc1C(C)NCc1c(C)cccc1C. The lowest BCUT2D eigenvalue weighted by Gasteiger charge is -2.19. The first-order chi connectivity index (χ1) is 10.0. The Kier molecular flexibility index (Phi) is 5.03. The predicted octanol–water partition coefficient (Wildman–Crippen LogP) is 4.47. The first kappa shape index (κ1) is 15.6. The second kappa shape index (κ2) is 6.77. The molecule has 112 valence electrons. The van der Waals surface area contributed by atoms with E-state index in [9.17, 15) is 0 Å². The largest absolute Gasteiger partial charge is 0.496 e. The van der Waals surface area contributed by atoms with E-state index in [1.165, 1.54) is 27.8 Å². The highest BCUT2D eigenvalue weighted by atomic mass is 16.5. The average molecular weight is 283 g/mol. The van der Waals surface area contributed by atoms with Gasteiger partial charge in [-0.25, -0.2) is 0 Å². The number of ether oxygens (including phenoxy) is 1. The van der Waals surface area contributed by atoms with Crippen LogP contribution in [0.3, 0.4) is 0 Å². The number of rotatable bonds is 5. The summed E-state index contributed by atoms with van der Waals surface area (Å²) in [5, 5.41) is 3.62. The summed E-state index contributed by atoms with van der Waals surface area (Å²) in [6.07, 6.45) is 0. The number of methoxy groups -OCH3 is 1. The van der Waals surface area contributed by atoms with Crippen LogP contribution in [-0.2, 0) is 6.54 Å². The van der Waals surface area contributed by atoms with Crippen molar-refractivity contribution in [1.29, 1.82) is 0 Å². The fourth-order valence-electron chi connectivity index (χ4n) is 2.69. The van der Waals surface area contributed by atoms with Gasteiger partial charge in [-0.05, 0) is 50.5 Å². The molecule has 0 aliphatic heterocycles. The zero-order valence-electron chi connectivity index (χ0n) is 13.7. The lowest BCUT2D eigenvalue weighted by molar-refractivity contribution is 0.401. The minimum atomic E-state index is 0.249. The van der Waals surface area contributed by atoms with E-state index in [4.69, 9.17) is 4.74 Å². The average Bonchev–Trinajstić information content (AvgIpc) is 2.46. The summed E-state index contributed by atoms with van der Waals surface area (Å²) in [5.74, 6) is 0.946. The van der Waals surface area contributed by atoms with E-state index in [-0.39, 0.29) is 6.04 Å². The van der Waals surface area contributed by atoms with Crippen LogP contribution in [-0.4, -0.2) is 7.11 Å². The number of nitrogens with one attached hydrogen (secondary N) is 1. The van der Waals surface area contributed by atoms with Crippen LogP contribution < -0.4 is 10.1 Å². The molecule has 0 radical (unpaired) electrons. The molecule has 2 nitrogen and oxygen atoms in total. The van der Waals surface area contributed by atoms with Gasteiger partial charge in [-0.15, -0.1) is 0 Å². The van der Waals surface area contributed by atoms with Gasteiger partial charge in [0.25, 0.3) is 0 Å². The summed E-state index contributed by atoms with van der Waals surface area (Å²) in [6.45, 7) is 9.51. The Bertz CT molecular complexity index is 599. The van der Waals surface area contributed by atoms with Gasteiger partial charge in [-0.2, -0.15) is 0 Å².